The second-order valence-electron chi connectivity index (χ2n) is 6.74. The van der Waals surface area contributed by atoms with Crippen molar-refractivity contribution in [2.24, 2.45) is 0 Å². The minimum Gasteiger partial charge on any atom is -0.321 e. The Hall–Kier alpha value is -0.0400. The minimum absolute atomic E-state index is 1.05. The van der Waals surface area contributed by atoms with E-state index in [0.29, 0.717) is 0 Å². The summed E-state index contributed by atoms with van der Waals surface area (Å²) < 4.78 is 1.50. The first kappa shape index (κ1) is 17.0. The highest BCUT2D eigenvalue weighted by Gasteiger charge is 2.43. The highest BCUT2D eigenvalue weighted by molar-refractivity contribution is 4.76. The molecule has 1 aliphatic rings. The van der Waals surface area contributed by atoms with Gasteiger partial charge in [0.05, 0.1) is 25.7 Å². The first-order valence-electron chi connectivity index (χ1n) is 9.14. The van der Waals surface area contributed by atoms with Crippen LogP contribution in [0.5, 0.6) is 0 Å². The summed E-state index contributed by atoms with van der Waals surface area (Å²) in [5, 5.41) is 0. The van der Waals surface area contributed by atoms with E-state index in [1.54, 1.807) is 0 Å². The van der Waals surface area contributed by atoms with Crippen LogP contribution in [0.3, 0.4) is 0 Å². The van der Waals surface area contributed by atoms with Crippen molar-refractivity contribution in [3.63, 3.8) is 0 Å². The van der Waals surface area contributed by atoms with Crippen LogP contribution in [0.2, 0.25) is 0 Å². The maximum Gasteiger partial charge on any atom is 0.0894 e. The van der Waals surface area contributed by atoms with Crippen molar-refractivity contribution >= 4 is 0 Å². The summed E-state index contributed by atoms with van der Waals surface area (Å²) in [4.78, 5) is 0. The van der Waals surface area contributed by atoms with E-state index in [2.05, 4.69) is 20.8 Å². The molecule has 0 heterocycles. The molecule has 0 bridgehead atoms. The van der Waals surface area contributed by atoms with E-state index in [9.17, 15) is 0 Å². The lowest BCUT2D eigenvalue weighted by molar-refractivity contribution is -0.939. The molecule has 0 radical (unpaired) electrons. The number of hydrogen-bond donors (Lipinski definition) is 0. The summed E-state index contributed by atoms with van der Waals surface area (Å²) >= 11 is 0. The fourth-order valence-electron chi connectivity index (χ4n) is 3.54. The normalized spacial score (nSPS) is 15.9. The molecule has 0 aromatic rings. The summed E-state index contributed by atoms with van der Waals surface area (Å²) in [6.07, 6.45) is 15.9. The molecule has 0 aromatic heterocycles. The minimum atomic E-state index is 1.05. The molecule has 0 aliphatic heterocycles. The molecule has 1 heteroatoms. The second-order valence-corrected chi connectivity index (χ2v) is 6.74. The fraction of sp³-hybridized carbons (Fsp3) is 1.00. The molecule has 19 heavy (non-hydrogen) atoms. The molecular weight excluding hydrogens is 230 g/mol. The van der Waals surface area contributed by atoms with Gasteiger partial charge in [-0.3, -0.25) is 0 Å². The summed E-state index contributed by atoms with van der Waals surface area (Å²) in [7, 11) is 0. The number of hydrogen-bond acceptors (Lipinski definition) is 0. The van der Waals surface area contributed by atoms with Gasteiger partial charge in [-0.25, -0.2) is 0 Å². The molecule has 0 saturated heterocycles. The van der Waals surface area contributed by atoms with Crippen LogP contribution in [0.15, 0.2) is 0 Å². The summed E-state index contributed by atoms with van der Waals surface area (Å²) in [5.74, 6) is 0. The molecular formula is C18H38N+. The maximum atomic E-state index is 2.33. The molecule has 1 nitrogen and oxygen atoms in total. The molecule has 1 fully saturated rings. The van der Waals surface area contributed by atoms with Gasteiger partial charge in [0.25, 0.3) is 0 Å². The molecule has 0 atom stereocenters. The Morgan fingerprint density at radius 2 is 1.00 bits per heavy atom. The van der Waals surface area contributed by atoms with Crippen LogP contribution in [0, 0.1) is 0 Å². The van der Waals surface area contributed by atoms with E-state index in [0.717, 1.165) is 6.04 Å². The molecule has 0 aromatic carbocycles. The van der Waals surface area contributed by atoms with Crippen LogP contribution < -0.4 is 0 Å². The van der Waals surface area contributed by atoms with E-state index in [1.807, 2.05) is 0 Å². The van der Waals surface area contributed by atoms with Crippen LogP contribution in [-0.2, 0) is 0 Å². The van der Waals surface area contributed by atoms with Crippen LogP contribution in [0.25, 0.3) is 0 Å². The standard InChI is InChI=1S/C18H38N/c1-4-7-10-15-19(18-13-14-18,16-11-8-5-2)17-12-9-6-3/h18H,4-17H2,1-3H3/q+1. The van der Waals surface area contributed by atoms with Gasteiger partial charge in [-0.05, 0) is 38.5 Å². The van der Waals surface area contributed by atoms with E-state index < -0.39 is 0 Å². The number of nitrogens with zero attached hydrogens (tertiary/aromatic N) is 1. The SMILES string of the molecule is CCCCC[N+](CCCCC)(CCCCC)C1CC1. The number of unbranched alkanes of at least 4 members (excludes halogenated alkanes) is 6. The lowest BCUT2D eigenvalue weighted by atomic mass is 10.1. The third kappa shape index (κ3) is 6.29. The Bertz CT molecular complexity index is 181. The Labute approximate surface area is 122 Å². The third-order valence-electron chi connectivity index (χ3n) is 4.94. The zero-order chi connectivity index (χ0) is 14.0. The predicted octanol–water partition coefficient (Wildman–Crippen LogP) is 5.54. The highest BCUT2D eigenvalue weighted by Crippen LogP contribution is 2.35. The van der Waals surface area contributed by atoms with Gasteiger partial charge in [-0.15, -0.1) is 0 Å². The van der Waals surface area contributed by atoms with Crippen molar-refractivity contribution in [2.45, 2.75) is 97.4 Å². The van der Waals surface area contributed by atoms with Crippen molar-refractivity contribution in [1.29, 1.82) is 0 Å². The zero-order valence-electron chi connectivity index (χ0n) is 13.9. The molecule has 0 spiro atoms. The van der Waals surface area contributed by atoms with Gasteiger partial charge in [0.15, 0.2) is 0 Å². The van der Waals surface area contributed by atoms with Gasteiger partial charge in [-0.2, -0.15) is 0 Å². The largest absolute Gasteiger partial charge is 0.321 e. The maximum absolute atomic E-state index is 2.33. The molecule has 1 aliphatic carbocycles. The van der Waals surface area contributed by atoms with Crippen molar-refractivity contribution in [3.05, 3.63) is 0 Å². The first-order chi connectivity index (χ1) is 9.29. The van der Waals surface area contributed by atoms with Gasteiger partial charge >= 0.3 is 0 Å². The van der Waals surface area contributed by atoms with E-state index in [1.165, 1.54) is 94.7 Å². The monoisotopic (exact) mass is 268 g/mol. The first-order valence-corrected chi connectivity index (χ1v) is 9.14. The van der Waals surface area contributed by atoms with Gasteiger partial charge in [0, 0.05) is 12.8 Å². The van der Waals surface area contributed by atoms with Gasteiger partial charge in [0.2, 0.25) is 0 Å². The Morgan fingerprint density at radius 1 is 0.632 bits per heavy atom. The van der Waals surface area contributed by atoms with Crippen molar-refractivity contribution in [3.8, 4) is 0 Å². The van der Waals surface area contributed by atoms with Gasteiger partial charge in [-0.1, -0.05) is 40.0 Å². The molecule has 0 N–H and O–H groups in total. The topological polar surface area (TPSA) is 0 Å². The Morgan fingerprint density at radius 3 is 1.26 bits per heavy atom. The van der Waals surface area contributed by atoms with E-state index >= 15 is 0 Å². The fourth-order valence-corrected chi connectivity index (χ4v) is 3.54. The number of rotatable bonds is 13. The third-order valence-corrected chi connectivity index (χ3v) is 4.94. The average Bonchev–Trinajstić information content (AvgIpc) is 3.23. The molecule has 0 unspecified atom stereocenters. The van der Waals surface area contributed by atoms with Crippen molar-refractivity contribution in [2.75, 3.05) is 19.6 Å². The summed E-state index contributed by atoms with van der Waals surface area (Å²) in [6.45, 7) is 11.4. The Kier molecular flexibility index (Phi) is 8.77. The lowest BCUT2D eigenvalue weighted by Crippen LogP contribution is -2.52. The predicted molar refractivity (Wildman–Crippen MR) is 86.5 cm³/mol. The van der Waals surface area contributed by atoms with Crippen LogP contribution in [0.1, 0.15) is 91.4 Å². The van der Waals surface area contributed by atoms with Crippen LogP contribution in [0.4, 0.5) is 0 Å². The van der Waals surface area contributed by atoms with Crippen molar-refractivity contribution in [1.82, 2.24) is 0 Å². The molecule has 114 valence electrons. The van der Waals surface area contributed by atoms with Gasteiger partial charge in [0.1, 0.15) is 0 Å². The second kappa shape index (κ2) is 9.80. The van der Waals surface area contributed by atoms with E-state index in [4.69, 9.17) is 0 Å². The number of quaternary nitrogens is 1. The quantitative estimate of drug-likeness (QED) is 0.304. The van der Waals surface area contributed by atoms with Gasteiger partial charge < -0.3 is 4.48 Å². The zero-order valence-corrected chi connectivity index (χ0v) is 13.9. The molecule has 1 saturated carbocycles. The Balaban J connectivity index is 2.49. The lowest BCUT2D eigenvalue weighted by Gasteiger charge is -2.40. The van der Waals surface area contributed by atoms with Crippen LogP contribution in [-0.4, -0.2) is 30.2 Å². The van der Waals surface area contributed by atoms with Crippen molar-refractivity contribution < 1.29 is 4.48 Å². The van der Waals surface area contributed by atoms with Crippen LogP contribution >= 0.6 is 0 Å². The highest BCUT2D eigenvalue weighted by atomic mass is 15.4. The van der Waals surface area contributed by atoms with E-state index in [-0.39, 0.29) is 0 Å². The molecule has 0 amide bonds. The average molecular weight is 269 g/mol. The smallest absolute Gasteiger partial charge is 0.0894 e. The summed E-state index contributed by atoms with van der Waals surface area (Å²) in [6, 6.07) is 1.05. The molecule has 1 rings (SSSR count). The summed E-state index contributed by atoms with van der Waals surface area (Å²) in [5.41, 5.74) is 0.